The van der Waals surface area contributed by atoms with Crippen LogP contribution in [0.1, 0.15) is 6.92 Å². The fourth-order valence-corrected chi connectivity index (χ4v) is 1.37. The normalized spacial score (nSPS) is 13.0. The predicted molar refractivity (Wildman–Crippen MR) is 52.7 cm³/mol. The molecule has 1 rings (SSSR count). The van der Waals surface area contributed by atoms with Gasteiger partial charge in [0.25, 0.3) is 0 Å². The average molecular weight is 233 g/mol. The highest BCUT2D eigenvalue weighted by molar-refractivity contribution is 9.09. The molecule has 0 spiro atoms. The predicted octanol–water partition coefficient (Wildman–Crippen LogP) is 1.03. The summed E-state index contributed by atoms with van der Waals surface area (Å²) in [6, 6.07) is 0.446. The Labute approximate surface area is 80.7 Å². The molecule has 12 heavy (non-hydrogen) atoms. The number of alkyl halides is 1. The van der Waals surface area contributed by atoms with E-state index in [9.17, 15) is 0 Å². The highest BCUT2D eigenvalue weighted by Gasteiger charge is 2.11. The molecule has 0 fully saturated rings. The van der Waals surface area contributed by atoms with Gasteiger partial charge >= 0.3 is 0 Å². The molecule has 0 aromatic carbocycles. The molecule has 1 atom stereocenters. The standard InChI is InChI=1S/C7H13BrN4/c1-6(4-8)11(2)7-5-9-10-12(7)3/h5-6H,4H2,1-3H3. The molecule has 0 N–H and O–H groups in total. The number of aryl methyl sites for hydroxylation is 1. The minimum atomic E-state index is 0.446. The van der Waals surface area contributed by atoms with E-state index in [4.69, 9.17) is 0 Å². The molecule has 1 heterocycles. The van der Waals surface area contributed by atoms with Crippen LogP contribution in [0.4, 0.5) is 5.82 Å². The van der Waals surface area contributed by atoms with Gasteiger partial charge in [-0.3, -0.25) is 0 Å². The van der Waals surface area contributed by atoms with E-state index in [1.807, 2.05) is 14.1 Å². The molecule has 0 amide bonds. The summed E-state index contributed by atoms with van der Waals surface area (Å²) >= 11 is 3.43. The fraction of sp³-hybridized carbons (Fsp3) is 0.714. The van der Waals surface area contributed by atoms with Gasteiger partial charge in [-0.05, 0) is 6.92 Å². The van der Waals surface area contributed by atoms with Gasteiger partial charge in [-0.2, -0.15) is 0 Å². The number of rotatable bonds is 3. The molecule has 0 aliphatic heterocycles. The van der Waals surface area contributed by atoms with Crippen molar-refractivity contribution in [3.63, 3.8) is 0 Å². The second-order valence-electron chi connectivity index (χ2n) is 2.83. The minimum absolute atomic E-state index is 0.446. The molecule has 5 heteroatoms. The van der Waals surface area contributed by atoms with Gasteiger partial charge in [-0.25, -0.2) is 4.68 Å². The van der Waals surface area contributed by atoms with Crippen LogP contribution in [0.2, 0.25) is 0 Å². The zero-order valence-corrected chi connectivity index (χ0v) is 9.11. The molecule has 0 saturated carbocycles. The molecular weight excluding hydrogens is 220 g/mol. The van der Waals surface area contributed by atoms with E-state index in [1.54, 1.807) is 10.9 Å². The van der Waals surface area contributed by atoms with Gasteiger partial charge in [0.2, 0.25) is 0 Å². The van der Waals surface area contributed by atoms with Gasteiger partial charge in [0.1, 0.15) is 5.82 Å². The third-order valence-corrected chi connectivity index (χ3v) is 2.87. The monoisotopic (exact) mass is 232 g/mol. The van der Waals surface area contributed by atoms with Crippen LogP contribution in [0.3, 0.4) is 0 Å². The van der Waals surface area contributed by atoms with Gasteiger partial charge in [0, 0.05) is 25.5 Å². The van der Waals surface area contributed by atoms with Crippen LogP contribution in [0.25, 0.3) is 0 Å². The van der Waals surface area contributed by atoms with Gasteiger partial charge in [0.15, 0.2) is 0 Å². The number of halogens is 1. The van der Waals surface area contributed by atoms with Crippen LogP contribution in [0, 0.1) is 0 Å². The Morgan fingerprint density at radius 3 is 2.83 bits per heavy atom. The molecule has 0 aliphatic rings. The Kier molecular flexibility index (Phi) is 3.08. The lowest BCUT2D eigenvalue weighted by molar-refractivity contribution is 0.671. The zero-order valence-electron chi connectivity index (χ0n) is 7.53. The Bertz CT molecular complexity index is 247. The lowest BCUT2D eigenvalue weighted by atomic mass is 10.3. The van der Waals surface area contributed by atoms with Crippen molar-refractivity contribution in [1.29, 1.82) is 0 Å². The van der Waals surface area contributed by atoms with E-state index in [2.05, 4.69) is 38.1 Å². The van der Waals surface area contributed by atoms with Crippen molar-refractivity contribution in [3.05, 3.63) is 6.20 Å². The molecule has 1 unspecified atom stereocenters. The maximum absolute atomic E-state index is 3.86. The van der Waals surface area contributed by atoms with Crippen molar-refractivity contribution in [3.8, 4) is 0 Å². The number of anilines is 1. The number of nitrogens with zero attached hydrogens (tertiary/aromatic N) is 4. The summed E-state index contributed by atoms with van der Waals surface area (Å²) < 4.78 is 1.76. The molecule has 0 saturated heterocycles. The van der Waals surface area contributed by atoms with E-state index >= 15 is 0 Å². The quantitative estimate of drug-likeness (QED) is 0.731. The topological polar surface area (TPSA) is 34.0 Å². The second kappa shape index (κ2) is 3.89. The van der Waals surface area contributed by atoms with Gasteiger partial charge in [-0.1, -0.05) is 21.1 Å². The summed E-state index contributed by atoms with van der Waals surface area (Å²) in [6.07, 6.45) is 1.76. The van der Waals surface area contributed by atoms with E-state index < -0.39 is 0 Å². The molecule has 0 bridgehead atoms. The molecule has 4 nitrogen and oxygen atoms in total. The molecule has 68 valence electrons. The molecule has 0 radical (unpaired) electrons. The van der Waals surface area contributed by atoms with Crippen LogP contribution in [-0.4, -0.2) is 33.4 Å². The van der Waals surface area contributed by atoms with Crippen LogP contribution >= 0.6 is 15.9 Å². The summed E-state index contributed by atoms with van der Waals surface area (Å²) in [6.45, 7) is 2.14. The number of hydrogen-bond acceptors (Lipinski definition) is 3. The lowest BCUT2D eigenvalue weighted by Crippen LogP contribution is -2.31. The summed E-state index contributed by atoms with van der Waals surface area (Å²) in [5.74, 6) is 1.03. The zero-order chi connectivity index (χ0) is 9.14. The smallest absolute Gasteiger partial charge is 0.147 e. The van der Waals surface area contributed by atoms with Gasteiger partial charge in [-0.15, -0.1) is 5.10 Å². The van der Waals surface area contributed by atoms with E-state index in [-0.39, 0.29) is 0 Å². The fourth-order valence-electron chi connectivity index (χ4n) is 0.933. The van der Waals surface area contributed by atoms with E-state index in [1.165, 1.54) is 0 Å². The first kappa shape index (κ1) is 9.51. The SMILES string of the molecule is CC(CBr)N(C)c1cnnn1C. The largest absolute Gasteiger partial charge is 0.355 e. The summed E-state index contributed by atoms with van der Waals surface area (Å²) in [5, 5.41) is 8.62. The van der Waals surface area contributed by atoms with Crippen LogP contribution in [-0.2, 0) is 7.05 Å². The third-order valence-electron chi connectivity index (χ3n) is 1.94. The van der Waals surface area contributed by atoms with Crippen molar-refractivity contribution in [2.75, 3.05) is 17.3 Å². The van der Waals surface area contributed by atoms with Crippen LogP contribution in [0.5, 0.6) is 0 Å². The van der Waals surface area contributed by atoms with Gasteiger partial charge < -0.3 is 4.90 Å². The first-order chi connectivity index (χ1) is 5.66. The first-order valence-electron chi connectivity index (χ1n) is 3.80. The molecule has 1 aromatic rings. The van der Waals surface area contributed by atoms with Crippen molar-refractivity contribution in [2.24, 2.45) is 7.05 Å². The third kappa shape index (κ3) is 1.77. The maximum Gasteiger partial charge on any atom is 0.147 e. The number of hydrogen-bond donors (Lipinski definition) is 0. The van der Waals surface area contributed by atoms with E-state index in [0.29, 0.717) is 6.04 Å². The number of aromatic nitrogens is 3. The maximum atomic E-state index is 3.86. The van der Waals surface area contributed by atoms with Crippen LogP contribution in [0.15, 0.2) is 6.20 Å². The minimum Gasteiger partial charge on any atom is -0.355 e. The van der Waals surface area contributed by atoms with Crippen molar-refractivity contribution < 1.29 is 0 Å². The summed E-state index contributed by atoms with van der Waals surface area (Å²) in [5.41, 5.74) is 0. The molecule has 1 aromatic heterocycles. The second-order valence-corrected chi connectivity index (χ2v) is 3.48. The highest BCUT2D eigenvalue weighted by atomic mass is 79.9. The van der Waals surface area contributed by atoms with Crippen LogP contribution < -0.4 is 4.90 Å². The van der Waals surface area contributed by atoms with Crippen molar-refractivity contribution in [2.45, 2.75) is 13.0 Å². The van der Waals surface area contributed by atoms with Crippen molar-refractivity contribution >= 4 is 21.7 Å². The first-order valence-corrected chi connectivity index (χ1v) is 4.92. The summed E-state index contributed by atoms with van der Waals surface area (Å²) in [7, 11) is 3.92. The Morgan fingerprint density at radius 2 is 2.42 bits per heavy atom. The Morgan fingerprint density at radius 1 is 1.75 bits per heavy atom. The van der Waals surface area contributed by atoms with E-state index in [0.717, 1.165) is 11.1 Å². The summed E-state index contributed by atoms with van der Waals surface area (Å²) in [4.78, 5) is 2.13. The molecule has 0 aliphatic carbocycles. The lowest BCUT2D eigenvalue weighted by Gasteiger charge is -2.23. The Hall–Kier alpha value is -0.580. The molecular formula is C7H13BrN4. The average Bonchev–Trinajstić information content (AvgIpc) is 2.48. The van der Waals surface area contributed by atoms with Gasteiger partial charge in [0.05, 0.1) is 6.20 Å². The van der Waals surface area contributed by atoms with Crippen molar-refractivity contribution in [1.82, 2.24) is 15.0 Å². The highest BCUT2D eigenvalue weighted by Crippen LogP contribution is 2.12. The Balaban J connectivity index is 2.77.